The van der Waals surface area contributed by atoms with Crippen LogP contribution < -0.4 is 10.9 Å². The highest BCUT2D eigenvalue weighted by atomic mass is 15.5. The van der Waals surface area contributed by atoms with Gasteiger partial charge in [0.1, 0.15) is 0 Å². The van der Waals surface area contributed by atoms with Gasteiger partial charge in [-0.2, -0.15) is 0 Å². The fourth-order valence-electron chi connectivity index (χ4n) is 7.45. The summed E-state index contributed by atoms with van der Waals surface area (Å²) in [5.41, 5.74) is 19.8. The Labute approximate surface area is 308 Å². The lowest BCUT2D eigenvalue weighted by Gasteiger charge is -2.44. The van der Waals surface area contributed by atoms with E-state index in [0.29, 0.717) is 0 Å². The monoisotopic (exact) mass is 668 g/mol. The van der Waals surface area contributed by atoms with Gasteiger partial charge in [-0.3, -0.25) is 0 Å². The maximum Gasteiger partial charge on any atom is 0.341 e. The molecule has 7 aromatic carbocycles. The molecule has 0 aromatic heterocycles. The minimum Gasteiger partial charge on any atom is -0.340 e. The fourth-order valence-corrected chi connectivity index (χ4v) is 7.45. The van der Waals surface area contributed by atoms with Crippen LogP contribution in [-0.4, -0.2) is 11.8 Å². The number of hydrazine groups is 1. The summed E-state index contributed by atoms with van der Waals surface area (Å²) in [5, 5.41) is 0. The first-order valence-electron chi connectivity index (χ1n) is 18.1. The lowest BCUT2D eigenvalue weighted by atomic mass is 9.44. The molecular formula is C49H41BN2. The highest BCUT2D eigenvalue weighted by molar-refractivity contribution is 6.91. The summed E-state index contributed by atoms with van der Waals surface area (Å²) in [6.07, 6.45) is 0. The van der Waals surface area contributed by atoms with Crippen LogP contribution in [0.15, 0.2) is 200 Å². The molecule has 1 heterocycles. The minimum atomic E-state index is -0.195. The zero-order valence-corrected chi connectivity index (χ0v) is 29.7. The van der Waals surface area contributed by atoms with Crippen LogP contribution in [0.3, 0.4) is 0 Å². The molecule has 2 nitrogen and oxygen atoms in total. The quantitative estimate of drug-likeness (QED) is 0.154. The molecule has 0 fully saturated rings. The van der Waals surface area contributed by atoms with Crippen LogP contribution in [0.1, 0.15) is 50.5 Å². The Balaban J connectivity index is 1.51. The van der Waals surface area contributed by atoms with Gasteiger partial charge < -0.3 is 4.92 Å². The van der Waals surface area contributed by atoms with E-state index in [2.05, 4.69) is 224 Å². The number of benzene rings is 7. The molecule has 0 bridgehead atoms. The number of rotatable bonds is 9. The molecule has 0 saturated heterocycles. The first kappa shape index (κ1) is 33.0. The predicted octanol–water partition coefficient (Wildman–Crippen LogP) is 10.8. The summed E-state index contributed by atoms with van der Waals surface area (Å²) in [6.45, 7) is 4.11. The smallest absolute Gasteiger partial charge is 0.340 e. The number of aryl methyl sites for hydroxylation is 2. The third kappa shape index (κ3) is 6.67. The van der Waals surface area contributed by atoms with E-state index in [0.717, 1.165) is 16.8 Å². The fraction of sp³-hybridized carbons (Fsp3) is 0.0612. The molecule has 1 aliphatic rings. The van der Waals surface area contributed by atoms with Crippen molar-refractivity contribution in [2.75, 3.05) is 0 Å². The van der Waals surface area contributed by atoms with Crippen molar-refractivity contribution < 1.29 is 0 Å². The molecular weight excluding hydrogens is 627 g/mol. The highest BCUT2D eigenvalue weighted by Crippen LogP contribution is 2.48. The normalized spacial score (nSPS) is 13.2. The molecule has 0 aliphatic carbocycles. The molecule has 1 aliphatic heterocycles. The molecule has 1 N–H and O–H groups in total. The molecule has 52 heavy (non-hydrogen) atoms. The topological polar surface area (TPSA) is 15.3 Å². The Hall–Kier alpha value is -6.16. The predicted molar refractivity (Wildman–Crippen MR) is 220 cm³/mol. The van der Waals surface area contributed by atoms with Crippen molar-refractivity contribution >= 4 is 34.6 Å². The van der Waals surface area contributed by atoms with Gasteiger partial charge in [0.2, 0.25) is 0 Å². The largest absolute Gasteiger partial charge is 0.341 e. The van der Waals surface area contributed by atoms with Crippen LogP contribution in [-0.2, 0) is 0 Å². The summed E-state index contributed by atoms with van der Waals surface area (Å²) < 4.78 is 0. The highest BCUT2D eigenvalue weighted by Gasteiger charge is 2.42. The zero-order chi connectivity index (χ0) is 35.3. The molecule has 250 valence electrons. The molecule has 0 spiro atoms. The van der Waals surface area contributed by atoms with Gasteiger partial charge in [-0.05, 0) is 63.7 Å². The summed E-state index contributed by atoms with van der Waals surface area (Å²) in [6, 6.07) is 72.5. The van der Waals surface area contributed by atoms with E-state index in [1.807, 2.05) is 0 Å². The first-order chi connectivity index (χ1) is 25.7. The van der Waals surface area contributed by atoms with Crippen LogP contribution in [0.25, 0.3) is 22.3 Å². The zero-order valence-electron chi connectivity index (χ0n) is 29.7. The van der Waals surface area contributed by atoms with Crippen LogP contribution in [0, 0.1) is 13.8 Å². The number of nitrogens with one attached hydrogen (secondary N) is 1. The molecule has 0 radical (unpaired) electrons. The lowest BCUT2D eigenvalue weighted by molar-refractivity contribution is 0.398. The second-order valence-electron chi connectivity index (χ2n) is 13.5. The first-order valence-corrected chi connectivity index (χ1v) is 18.1. The van der Waals surface area contributed by atoms with E-state index in [1.165, 1.54) is 55.5 Å². The standard InChI is InChI=1S/C49H41BN2/c1-36-28-32-41(33-29-36)48(42-34-30-37(2)31-35-42)51-52-49(43-24-14-6-15-25-43)46(39-20-10-4-11-21-39)45(38-18-8-3-9-19-38)47(40-22-12-5-13-23-40)50(52)44-26-16-7-17-27-44/h3-35,48,51H,1-2H3. The maximum atomic E-state index is 4.24. The molecule has 3 heteroatoms. The van der Waals surface area contributed by atoms with E-state index in [9.17, 15) is 0 Å². The van der Waals surface area contributed by atoms with Gasteiger partial charge in [0.15, 0.2) is 0 Å². The molecule has 0 saturated carbocycles. The number of allylic oxidation sites excluding steroid dienone is 2. The van der Waals surface area contributed by atoms with Crippen molar-refractivity contribution in [3.8, 4) is 0 Å². The Morgan fingerprint density at radius 3 is 1.25 bits per heavy atom. The average molecular weight is 669 g/mol. The van der Waals surface area contributed by atoms with E-state index in [1.54, 1.807) is 0 Å². The van der Waals surface area contributed by atoms with Gasteiger partial charge in [-0.25, -0.2) is 5.43 Å². The molecule has 0 amide bonds. The Kier molecular flexibility index (Phi) is 9.51. The van der Waals surface area contributed by atoms with Gasteiger partial charge in [0.25, 0.3) is 0 Å². The Morgan fingerprint density at radius 1 is 0.404 bits per heavy atom. The molecule has 7 aromatic rings. The SMILES string of the molecule is Cc1ccc(C(NN2B(c3ccccc3)C(c3ccccc3)=C(c3ccccc3)C(c3ccccc3)=C2c2ccccc2)c2ccc(C)cc2)cc1. The van der Waals surface area contributed by atoms with Crippen molar-refractivity contribution in [2.24, 2.45) is 0 Å². The van der Waals surface area contributed by atoms with Crippen LogP contribution in [0.2, 0.25) is 0 Å². The molecule has 8 rings (SSSR count). The van der Waals surface area contributed by atoms with Crippen molar-refractivity contribution in [1.29, 1.82) is 0 Å². The molecule has 0 unspecified atom stereocenters. The van der Waals surface area contributed by atoms with Crippen molar-refractivity contribution in [2.45, 2.75) is 19.9 Å². The second-order valence-corrected chi connectivity index (χ2v) is 13.5. The number of nitrogens with zero attached hydrogens (tertiary/aromatic N) is 1. The van der Waals surface area contributed by atoms with Crippen LogP contribution >= 0.6 is 0 Å². The van der Waals surface area contributed by atoms with Gasteiger partial charge in [0.05, 0.1) is 11.7 Å². The van der Waals surface area contributed by atoms with Gasteiger partial charge in [0, 0.05) is 5.57 Å². The minimum absolute atomic E-state index is 0.140. The summed E-state index contributed by atoms with van der Waals surface area (Å²) in [7, 11) is 0. The van der Waals surface area contributed by atoms with Crippen molar-refractivity contribution in [3.63, 3.8) is 0 Å². The third-order valence-corrected chi connectivity index (χ3v) is 9.99. The van der Waals surface area contributed by atoms with Gasteiger partial charge in [-0.1, -0.05) is 211 Å². The lowest BCUT2D eigenvalue weighted by Crippen LogP contribution is -2.57. The van der Waals surface area contributed by atoms with E-state index in [4.69, 9.17) is 0 Å². The van der Waals surface area contributed by atoms with Gasteiger partial charge in [-0.15, -0.1) is 0 Å². The van der Waals surface area contributed by atoms with Crippen LogP contribution in [0.4, 0.5) is 0 Å². The van der Waals surface area contributed by atoms with E-state index in [-0.39, 0.29) is 12.9 Å². The third-order valence-electron chi connectivity index (χ3n) is 9.99. The second kappa shape index (κ2) is 15.0. The Morgan fingerprint density at radius 2 is 0.788 bits per heavy atom. The molecule has 0 atom stereocenters. The van der Waals surface area contributed by atoms with E-state index < -0.39 is 0 Å². The Bertz CT molecular complexity index is 2250. The van der Waals surface area contributed by atoms with E-state index >= 15 is 0 Å². The summed E-state index contributed by atoms with van der Waals surface area (Å²) in [5.74, 6) is 0. The number of hydrogen-bond donors (Lipinski definition) is 1. The van der Waals surface area contributed by atoms with Crippen LogP contribution in [0.5, 0.6) is 0 Å². The van der Waals surface area contributed by atoms with Crippen molar-refractivity contribution in [1.82, 2.24) is 10.3 Å². The maximum absolute atomic E-state index is 4.24. The average Bonchev–Trinajstić information content (AvgIpc) is 3.21. The summed E-state index contributed by atoms with van der Waals surface area (Å²) >= 11 is 0. The summed E-state index contributed by atoms with van der Waals surface area (Å²) in [4.78, 5) is 2.48. The van der Waals surface area contributed by atoms with Gasteiger partial charge >= 0.3 is 6.85 Å². The van der Waals surface area contributed by atoms with Crippen molar-refractivity contribution in [3.05, 3.63) is 245 Å². The number of hydrogen-bond acceptors (Lipinski definition) is 2.